The number of rotatable bonds is 3. The van der Waals surface area contributed by atoms with E-state index in [0.29, 0.717) is 5.56 Å². The summed E-state index contributed by atoms with van der Waals surface area (Å²) in [5.74, 6) is 0. The molecule has 0 unspecified atom stereocenters. The average molecular weight is 244 g/mol. The third-order valence-corrected chi connectivity index (χ3v) is 2.82. The predicted molar refractivity (Wildman–Crippen MR) is 68.7 cm³/mol. The molecule has 0 amide bonds. The molecule has 0 fully saturated rings. The van der Waals surface area contributed by atoms with Crippen LogP contribution in [0.2, 0.25) is 0 Å². The summed E-state index contributed by atoms with van der Waals surface area (Å²) in [5.41, 5.74) is 0.609. The predicted octanol–water partition coefficient (Wildman–Crippen LogP) is 2.83. The summed E-state index contributed by atoms with van der Waals surface area (Å²) in [7, 11) is 0. The van der Waals surface area contributed by atoms with Crippen LogP contribution in [0.25, 0.3) is 0 Å². The van der Waals surface area contributed by atoms with Gasteiger partial charge in [0.05, 0.1) is 0 Å². The molecular formula is C14H16N2O2. The fourth-order valence-corrected chi connectivity index (χ4v) is 1.62. The van der Waals surface area contributed by atoms with E-state index in [-0.39, 0.29) is 5.41 Å². The molecule has 0 aliphatic heterocycles. The van der Waals surface area contributed by atoms with E-state index in [4.69, 9.17) is 0 Å². The molecule has 0 saturated heterocycles. The van der Waals surface area contributed by atoms with Crippen molar-refractivity contribution in [1.82, 2.24) is 0 Å². The number of carbonyl (C=O) groups excluding carboxylic acids is 2. The van der Waals surface area contributed by atoms with Crippen LogP contribution in [0, 0.1) is 0 Å². The van der Waals surface area contributed by atoms with Gasteiger partial charge in [-0.1, -0.05) is 45.0 Å². The molecule has 0 spiro atoms. The van der Waals surface area contributed by atoms with E-state index in [9.17, 15) is 9.59 Å². The van der Waals surface area contributed by atoms with Gasteiger partial charge in [0, 0.05) is 5.56 Å². The van der Waals surface area contributed by atoms with Crippen LogP contribution in [0.1, 0.15) is 38.8 Å². The quantitative estimate of drug-likeness (QED) is 0.606. The lowest BCUT2D eigenvalue weighted by molar-refractivity contribution is 0.492. The Balaban J connectivity index is 3.25. The minimum atomic E-state index is -1.24. The smallest absolute Gasteiger partial charge is 0.211 e. The summed E-state index contributed by atoms with van der Waals surface area (Å²) in [5, 5.41) is 0. The molecule has 0 aliphatic rings. The van der Waals surface area contributed by atoms with E-state index in [1.807, 2.05) is 24.3 Å². The molecule has 1 rings (SSSR count). The van der Waals surface area contributed by atoms with Crippen LogP contribution in [0.15, 0.2) is 34.3 Å². The molecule has 0 saturated carbocycles. The first-order valence-corrected chi connectivity index (χ1v) is 5.62. The molecule has 0 aliphatic carbocycles. The van der Waals surface area contributed by atoms with Crippen LogP contribution in [0.5, 0.6) is 0 Å². The van der Waals surface area contributed by atoms with Crippen molar-refractivity contribution in [1.29, 1.82) is 0 Å². The molecular weight excluding hydrogens is 228 g/mol. The fraction of sp³-hybridized carbons (Fsp3) is 0.429. The molecule has 0 heterocycles. The van der Waals surface area contributed by atoms with Gasteiger partial charge in [-0.25, -0.2) is 9.59 Å². The maximum absolute atomic E-state index is 10.4. The van der Waals surface area contributed by atoms with Crippen molar-refractivity contribution in [2.24, 2.45) is 9.98 Å². The zero-order valence-electron chi connectivity index (χ0n) is 11.0. The second-order valence-corrected chi connectivity index (χ2v) is 5.25. The van der Waals surface area contributed by atoms with Crippen LogP contribution in [-0.4, -0.2) is 12.2 Å². The first-order valence-electron chi connectivity index (χ1n) is 5.62. The van der Waals surface area contributed by atoms with Crippen molar-refractivity contribution in [2.75, 3.05) is 0 Å². The number of benzene rings is 1. The van der Waals surface area contributed by atoms with Crippen LogP contribution < -0.4 is 0 Å². The van der Waals surface area contributed by atoms with Crippen molar-refractivity contribution in [3.05, 3.63) is 35.4 Å². The number of aliphatic imine (C=N–C) groups is 2. The van der Waals surface area contributed by atoms with E-state index in [1.54, 1.807) is 6.92 Å². The lowest BCUT2D eigenvalue weighted by atomic mass is 9.86. The molecule has 4 nitrogen and oxygen atoms in total. The Bertz CT molecular complexity index is 496. The maximum atomic E-state index is 10.4. The second-order valence-electron chi connectivity index (χ2n) is 5.25. The van der Waals surface area contributed by atoms with Gasteiger partial charge in [0.15, 0.2) is 5.66 Å². The third-order valence-electron chi connectivity index (χ3n) is 2.82. The molecule has 0 atom stereocenters. The Kier molecular flexibility index (Phi) is 3.97. The van der Waals surface area contributed by atoms with Gasteiger partial charge < -0.3 is 0 Å². The highest BCUT2D eigenvalue weighted by molar-refractivity contribution is 5.43. The Morgan fingerprint density at radius 3 is 1.56 bits per heavy atom. The number of hydrogen-bond donors (Lipinski definition) is 0. The van der Waals surface area contributed by atoms with Crippen molar-refractivity contribution >= 4 is 12.2 Å². The monoisotopic (exact) mass is 244 g/mol. The van der Waals surface area contributed by atoms with Gasteiger partial charge in [0.25, 0.3) is 0 Å². The Morgan fingerprint density at radius 2 is 1.22 bits per heavy atom. The molecule has 1 aromatic carbocycles. The normalized spacial score (nSPS) is 14.0. The Hall–Kier alpha value is -2.02. The summed E-state index contributed by atoms with van der Waals surface area (Å²) in [6.45, 7) is 7.88. The number of hydrogen-bond acceptors (Lipinski definition) is 4. The molecule has 0 N–H and O–H groups in total. The SMILES string of the molecule is CC(C)(C)c1ccc(C(C)(N=C=O)N=C=O)cc1. The van der Waals surface area contributed by atoms with Crippen molar-refractivity contribution in [2.45, 2.75) is 38.8 Å². The van der Waals surface area contributed by atoms with Gasteiger partial charge in [0.1, 0.15) is 0 Å². The van der Waals surface area contributed by atoms with E-state index in [0.717, 1.165) is 5.56 Å². The van der Waals surface area contributed by atoms with Crippen LogP contribution in [0.4, 0.5) is 0 Å². The van der Waals surface area contributed by atoms with Crippen LogP contribution in [0.3, 0.4) is 0 Å². The van der Waals surface area contributed by atoms with E-state index >= 15 is 0 Å². The first-order chi connectivity index (χ1) is 8.33. The zero-order valence-corrected chi connectivity index (χ0v) is 11.0. The summed E-state index contributed by atoms with van der Waals surface area (Å²) < 4.78 is 0. The van der Waals surface area contributed by atoms with Gasteiger partial charge >= 0.3 is 0 Å². The summed E-state index contributed by atoms with van der Waals surface area (Å²) in [4.78, 5) is 28.0. The summed E-state index contributed by atoms with van der Waals surface area (Å²) in [6.07, 6.45) is 2.88. The van der Waals surface area contributed by atoms with Gasteiger partial charge in [-0.2, -0.15) is 9.98 Å². The molecule has 18 heavy (non-hydrogen) atoms. The first kappa shape index (κ1) is 14.0. The van der Waals surface area contributed by atoms with Gasteiger partial charge in [-0.3, -0.25) is 0 Å². The molecule has 1 aromatic rings. The van der Waals surface area contributed by atoms with Crippen LogP contribution >= 0.6 is 0 Å². The van der Waals surface area contributed by atoms with Crippen molar-refractivity contribution < 1.29 is 9.59 Å². The average Bonchev–Trinajstić information content (AvgIpc) is 2.29. The Morgan fingerprint density at radius 1 is 0.833 bits per heavy atom. The van der Waals surface area contributed by atoms with E-state index < -0.39 is 5.66 Å². The molecule has 0 radical (unpaired) electrons. The fourth-order valence-electron chi connectivity index (χ4n) is 1.62. The highest BCUT2D eigenvalue weighted by Crippen LogP contribution is 2.29. The lowest BCUT2D eigenvalue weighted by Crippen LogP contribution is -2.17. The maximum Gasteiger partial charge on any atom is 0.237 e. The Labute approximate surface area is 106 Å². The zero-order chi connectivity index (χ0) is 13.8. The van der Waals surface area contributed by atoms with Gasteiger partial charge in [0.2, 0.25) is 12.2 Å². The molecule has 0 aromatic heterocycles. The highest BCUT2D eigenvalue weighted by atomic mass is 16.1. The number of isocyanates is 2. The standard InChI is InChI=1S/C14H16N2O2/c1-13(2,3)11-5-7-12(8-6-11)14(4,15-9-17)16-10-18/h5-8H,1-4H3. The van der Waals surface area contributed by atoms with Crippen LogP contribution in [-0.2, 0) is 20.7 Å². The van der Waals surface area contributed by atoms with Crippen molar-refractivity contribution in [3.8, 4) is 0 Å². The minimum absolute atomic E-state index is 0.0385. The molecule has 0 bridgehead atoms. The molecule has 94 valence electrons. The lowest BCUT2D eigenvalue weighted by Gasteiger charge is -2.21. The van der Waals surface area contributed by atoms with Crippen molar-refractivity contribution in [3.63, 3.8) is 0 Å². The van der Waals surface area contributed by atoms with Gasteiger partial charge in [-0.05, 0) is 17.9 Å². The summed E-state index contributed by atoms with van der Waals surface area (Å²) in [6, 6.07) is 7.49. The van der Waals surface area contributed by atoms with E-state index in [2.05, 4.69) is 30.8 Å². The third kappa shape index (κ3) is 3.01. The number of nitrogens with zero attached hydrogens (tertiary/aromatic N) is 2. The topological polar surface area (TPSA) is 58.9 Å². The highest BCUT2D eigenvalue weighted by Gasteiger charge is 2.25. The largest absolute Gasteiger partial charge is 0.237 e. The minimum Gasteiger partial charge on any atom is -0.211 e. The molecule has 4 heteroatoms. The second kappa shape index (κ2) is 5.09. The summed E-state index contributed by atoms with van der Waals surface area (Å²) >= 11 is 0. The van der Waals surface area contributed by atoms with E-state index in [1.165, 1.54) is 12.2 Å². The van der Waals surface area contributed by atoms with Gasteiger partial charge in [-0.15, -0.1) is 0 Å².